The van der Waals surface area contributed by atoms with Gasteiger partial charge in [0.2, 0.25) is 5.91 Å². The van der Waals surface area contributed by atoms with E-state index < -0.39 is 0 Å². The van der Waals surface area contributed by atoms with Gasteiger partial charge in [-0.25, -0.2) is 0 Å². The first-order valence-electron chi connectivity index (χ1n) is 4.75. The highest BCUT2D eigenvalue weighted by molar-refractivity contribution is 5.88. The number of allylic oxidation sites excluding steroid dienone is 3. The maximum absolute atomic E-state index is 11.4. The lowest BCUT2D eigenvalue weighted by Crippen LogP contribution is -2.30. The molecule has 1 aliphatic rings. The molecule has 1 aliphatic heterocycles. The van der Waals surface area contributed by atoms with Gasteiger partial charge in [0.05, 0.1) is 0 Å². The van der Waals surface area contributed by atoms with Crippen molar-refractivity contribution in [2.24, 2.45) is 4.99 Å². The summed E-state index contributed by atoms with van der Waals surface area (Å²) in [5.41, 5.74) is 2.10. The fourth-order valence-electron chi connectivity index (χ4n) is 1.55. The molecule has 0 aromatic rings. The second kappa shape index (κ2) is 4.74. The summed E-state index contributed by atoms with van der Waals surface area (Å²) < 4.78 is 0. The molecule has 0 aromatic carbocycles. The second-order valence-corrected chi connectivity index (χ2v) is 3.25. The van der Waals surface area contributed by atoms with Crippen molar-refractivity contribution >= 4 is 12.1 Å². The van der Waals surface area contributed by atoms with Crippen LogP contribution in [0.4, 0.5) is 0 Å². The Hall–Kier alpha value is -1.38. The van der Waals surface area contributed by atoms with Crippen molar-refractivity contribution in [3.05, 3.63) is 23.4 Å². The van der Waals surface area contributed by atoms with Gasteiger partial charge in [0, 0.05) is 32.4 Å². The van der Waals surface area contributed by atoms with Crippen LogP contribution in [-0.2, 0) is 4.79 Å². The molecule has 76 valence electrons. The Bertz CT molecular complexity index is 313. The molecule has 0 aliphatic carbocycles. The van der Waals surface area contributed by atoms with Crippen LogP contribution in [0.2, 0.25) is 0 Å². The van der Waals surface area contributed by atoms with Crippen LogP contribution in [-0.4, -0.2) is 31.1 Å². The summed E-state index contributed by atoms with van der Waals surface area (Å²) in [6.07, 6.45) is 7.10. The van der Waals surface area contributed by atoms with Crippen molar-refractivity contribution in [2.45, 2.75) is 19.8 Å². The van der Waals surface area contributed by atoms with Crippen molar-refractivity contribution in [3.63, 3.8) is 0 Å². The minimum atomic E-state index is 0.173. The highest BCUT2D eigenvalue weighted by Gasteiger charge is 2.20. The number of carbonyl (C=O) groups is 1. The summed E-state index contributed by atoms with van der Waals surface area (Å²) in [5, 5.41) is 0. The Morgan fingerprint density at radius 2 is 2.14 bits per heavy atom. The number of aliphatic imine (C=N–C) groups is 1. The molecule has 3 heteroatoms. The van der Waals surface area contributed by atoms with Gasteiger partial charge in [-0.3, -0.25) is 9.79 Å². The predicted octanol–water partition coefficient (Wildman–Crippen LogP) is 1.77. The lowest BCUT2D eigenvalue weighted by Gasteiger charge is -2.25. The molecule has 1 rings (SSSR count). The fraction of sp³-hybridized carbons (Fsp3) is 0.455. The maximum atomic E-state index is 11.4. The van der Waals surface area contributed by atoms with Crippen molar-refractivity contribution < 1.29 is 4.79 Å². The molecular weight excluding hydrogens is 176 g/mol. The molecule has 0 N–H and O–H groups in total. The van der Waals surface area contributed by atoms with Crippen LogP contribution in [0, 0.1) is 0 Å². The summed E-state index contributed by atoms with van der Waals surface area (Å²) >= 11 is 0. The van der Waals surface area contributed by atoms with E-state index in [-0.39, 0.29) is 5.91 Å². The Kier molecular flexibility index (Phi) is 3.63. The molecule has 0 aromatic heterocycles. The normalized spacial score (nSPS) is 19.1. The van der Waals surface area contributed by atoms with E-state index in [0.717, 1.165) is 17.7 Å². The molecule has 0 saturated carbocycles. The zero-order valence-electron chi connectivity index (χ0n) is 8.95. The molecule has 0 radical (unpaired) electrons. The predicted molar refractivity (Wildman–Crippen MR) is 58.3 cm³/mol. The minimum absolute atomic E-state index is 0.173. The number of rotatable bonds is 2. The van der Waals surface area contributed by atoms with Crippen LogP contribution in [0.3, 0.4) is 0 Å². The van der Waals surface area contributed by atoms with Gasteiger partial charge in [0.1, 0.15) is 0 Å². The number of hydrogen-bond donors (Lipinski definition) is 0. The average molecular weight is 192 g/mol. The van der Waals surface area contributed by atoms with Gasteiger partial charge >= 0.3 is 0 Å². The zero-order chi connectivity index (χ0) is 10.6. The standard InChI is InChI=1S/C11H16N2O/c1-4-5-10-9(8-12-2)6-7-11(14)13(10)3/h4-5,8H,6-7H2,1-3H3/b5-4-,12-8?. The third kappa shape index (κ3) is 2.10. The summed E-state index contributed by atoms with van der Waals surface area (Å²) in [4.78, 5) is 17.1. The Morgan fingerprint density at radius 3 is 2.71 bits per heavy atom. The second-order valence-electron chi connectivity index (χ2n) is 3.25. The van der Waals surface area contributed by atoms with Gasteiger partial charge in [0.15, 0.2) is 0 Å². The van der Waals surface area contributed by atoms with Gasteiger partial charge in [-0.15, -0.1) is 0 Å². The molecule has 0 spiro atoms. The molecule has 0 saturated heterocycles. The molecule has 1 heterocycles. The number of likely N-dealkylation sites (N-methyl/N-ethyl adjacent to an activating group) is 1. The summed E-state index contributed by atoms with van der Waals surface area (Å²) in [6, 6.07) is 0. The topological polar surface area (TPSA) is 32.7 Å². The van der Waals surface area contributed by atoms with E-state index in [1.807, 2.05) is 25.3 Å². The van der Waals surface area contributed by atoms with E-state index in [4.69, 9.17) is 0 Å². The lowest BCUT2D eigenvalue weighted by atomic mass is 10.0. The van der Waals surface area contributed by atoms with Crippen molar-refractivity contribution in [3.8, 4) is 0 Å². The van der Waals surface area contributed by atoms with Crippen LogP contribution < -0.4 is 0 Å². The number of hydrogen-bond acceptors (Lipinski definition) is 2. The smallest absolute Gasteiger partial charge is 0.227 e. The Labute approximate surface area is 84.8 Å². The van der Waals surface area contributed by atoms with Gasteiger partial charge in [0.25, 0.3) is 0 Å². The monoisotopic (exact) mass is 192 g/mol. The largest absolute Gasteiger partial charge is 0.315 e. The average Bonchev–Trinajstić information content (AvgIpc) is 2.18. The maximum Gasteiger partial charge on any atom is 0.227 e. The number of carbonyl (C=O) groups excluding carboxylic acids is 1. The Morgan fingerprint density at radius 1 is 1.43 bits per heavy atom. The van der Waals surface area contributed by atoms with Crippen LogP contribution in [0.1, 0.15) is 19.8 Å². The molecule has 0 atom stereocenters. The van der Waals surface area contributed by atoms with Crippen LogP contribution in [0.15, 0.2) is 28.4 Å². The first-order chi connectivity index (χ1) is 6.70. The molecule has 0 bridgehead atoms. The van der Waals surface area contributed by atoms with E-state index in [2.05, 4.69) is 4.99 Å². The Balaban J connectivity index is 3.08. The molecule has 0 unspecified atom stereocenters. The van der Waals surface area contributed by atoms with E-state index in [0.29, 0.717) is 6.42 Å². The van der Waals surface area contributed by atoms with E-state index >= 15 is 0 Å². The SMILES string of the molecule is C/C=C\C1=C(C=NC)CCC(=O)N1C. The highest BCUT2D eigenvalue weighted by Crippen LogP contribution is 2.21. The van der Waals surface area contributed by atoms with Gasteiger partial charge in [-0.2, -0.15) is 0 Å². The van der Waals surface area contributed by atoms with E-state index in [1.54, 1.807) is 19.0 Å². The third-order valence-electron chi connectivity index (χ3n) is 2.28. The lowest BCUT2D eigenvalue weighted by molar-refractivity contribution is -0.128. The molecule has 1 amide bonds. The summed E-state index contributed by atoms with van der Waals surface area (Å²) in [7, 11) is 3.55. The van der Waals surface area contributed by atoms with Crippen molar-refractivity contribution in [2.75, 3.05) is 14.1 Å². The highest BCUT2D eigenvalue weighted by atomic mass is 16.2. The molecular formula is C11H16N2O. The first-order valence-corrected chi connectivity index (χ1v) is 4.75. The van der Waals surface area contributed by atoms with Crippen LogP contribution >= 0.6 is 0 Å². The first kappa shape index (κ1) is 10.7. The zero-order valence-corrected chi connectivity index (χ0v) is 8.95. The number of amides is 1. The van der Waals surface area contributed by atoms with E-state index in [9.17, 15) is 4.79 Å². The minimum Gasteiger partial charge on any atom is -0.315 e. The molecule has 0 fully saturated rings. The molecule has 14 heavy (non-hydrogen) atoms. The quantitative estimate of drug-likeness (QED) is 0.614. The fourth-order valence-corrected chi connectivity index (χ4v) is 1.55. The van der Waals surface area contributed by atoms with Crippen molar-refractivity contribution in [1.29, 1.82) is 0 Å². The summed E-state index contributed by atoms with van der Waals surface area (Å²) in [5.74, 6) is 0.173. The number of nitrogens with zero attached hydrogens (tertiary/aromatic N) is 2. The van der Waals surface area contributed by atoms with Crippen LogP contribution in [0.25, 0.3) is 0 Å². The molecule has 3 nitrogen and oxygen atoms in total. The van der Waals surface area contributed by atoms with Crippen molar-refractivity contribution in [1.82, 2.24) is 4.90 Å². The van der Waals surface area contributed by atoms with Gasteiger partial charge in [-0.1, -0.05) is 6.08 Å². The van der Waals surface area contributed by atoms with E-state index in [1.165, 1.54) is 0 Å². The van der Waals surface area contributed by atoms with Gasteiger partial charge < -0.3 is 4.90 Å². The van der Waals surface area contributed by atoms with Crippen LogP contribution in [0.5, 0.6) is 0 Å². The van der Waals surface area contributed by atoms with Gasteiger partial charge in [-0.05, 0) is 25.0 Å². The third-order valence-corrected chi connectivity index (χ3v) is 2.28. The summed E-state index contributed by atoms with van der Waals surface area (Å²) in [6.45, 7) is 1.95.